The average molecular weight is 739 g/mol. The quantitative estimate of drug-likeness (QED) is 0.176. The van der Waals surface area contributed by atoms with Crippen molar-refractivity contribution >= 4 is 43.6 Å². The molecule has 12 rings (SSSR count). The Morgan fingerprint density at radius 1 is 0.362 bits per heavy atom. The lowest BCUT2D eigenvalue weighted by Gasteiger charge is -2.34. The highest BCUT2D eigenvalue weighted by Gasteiger charge is 2.46. The number of benzene rings is 9. The Hall–Kier alpha value is -7.62. The van der Waals surface area contributed by atoms with Gasteiger partial charge in [0.25, 0.3) is 0 Å². The van der Waals surface area contributed by atoms with Gasteiger partial charge in [-0.05, 0) is 85.6 Å². The van der Waals surface area contributed by atoms with E-state index in [9.17, 15) is 0 Å². The summed E-state index contributed by atoms with van der Waals surface area (Å²) < 4.78 is 6.31. The molecule has 1 aliphatic rings. The van der Waals surface area contributed by atoms with Crippen molar-refractivity contribution in [2.24, 2.45) is 0 Å². The van der Waals surface area contributed by atoms with Crippen LogP contribution in [0.1, 0.15) is 22.3 Å². The van der Waals surface area contributed by atoms with E-state index in [1.54, 1.807) is 0 Å². The molecule has 0 atom stereocenters. The number of para-hydroxylation sites is 2. The van der Waals surface area contributed by atoms with E-state index in [4.69, 9.17) is 14.4 Å². The van der Waals surface area contributed by atoms with Crippen molar-refractivity contribution in [2.75, 3.05) is 0 Å². The van der Waals surface area contributed by atoms with Crippen LogP contribution < -0.4 is 0 Å². The first-order chi connectivity index (χ1) is 28.7. The van der Waals surface area contributed by atoms with Crippen molar-refractivity contribution < 1.29 is 4.42 Å². The van der Waals surface area contributed by atoms with Crippen LogP contribution in [0, 0.1) is 0 Å². The van der Waals surface area contributed by atoms with Crippen molar-refractivity contribution in [2.45, 2.75) is 5.41 Å². The SMILES string of the molecule is c1ccc2c(c1)-c1ccccc1C2(c1ccc(-c2nc(-c3ccc(-c4ccc5ccccc5c4)cc3)c3ccccc3n2)cc1)c1ccc2oc3ccccc3c2c1. The van der Waals surface area contributed by atoms with Crippen LogP contribution in [0.4, 0.5) is 0 Å². The standard InChI is InChI=1S/C55H34N2O/c1-2-12-39-33-40(26-23-35(39)11-1)36-21-24-37(25-22-36)53-46-16-5-9-19-50(46)56-54(57-53)38-27-29-41(30-28-38)55(48-17-7-3-13-43(48)44-14-4-8-18-49(44)55)42-31-32-52-47(34-42)45-15-6-10-20-51(45)58-52/h1-34H. The van der Waals surface area contributed by atoms with Crippen molar-refractivity contribution in [3.8, 4) is 44.9 Å². The molecular formula is C55H34N2O. The van der Waals surface area contributed by atoms with Crippen LogP contribution in [0.3, 0.4) is 0 Å². The largest absolute Gasteiger partial charge is 0.456 e. The first-order valence-electron chi connectivity index (χ1n) is 19.8. The van der Waals surface area contributed by atoms with Crippen LogP contribution in [0.15, 0.2) is 211 Å². The number of rotatable bonds is 5. The molecule has 1 aliphatic carbocycles. The number of hydrogen-bond donors (Lipinski definition) is 0. The smallest absolute Gasteiger partial charge is 0.160 e. The summed E-state index contributed by atoms with van der Waals surface area (Å²) in [4.78, 5) is 10.4. The number of nitrogens with zero attached hydrogens (tertiary/aromatic N) is 2. The van der Waals surface area contributed by atoms with E-state index >= 15 is 0 Å². The summed E-state index contributed by atoms with van der Waals surface area (Å²) in [6, 6.07) is 74.0. The van der Waals surface area contributed by atoms with Gasteiger partial charge in [0.1, 0.15) is 11.2 Å². The highest BCUT2D eigenvalue weighted by atomic mass is 16.3. The van der Waals surface area contributed by atoms with E-state index in [0.29, 0.717) is 5.82 Å². The van der Waals surface area contributed by atoms with Gasteiger partial charge in [0.15, 0.2) is 5.82 Å². The lowest BCUT2D eigenvalue weighted by molar-refractivity contribution is 0.668. The number of aromatic nitrogens is 2. The Morgan fingerprint density at radius 2 is 0.948 bits per heavy atom. The van der Waals surface area contributed by atoms with E-state index in [-0.39, 0.29) is 0 Å². The summed E-state index contributed by atoms with van der Waals surface area (Å²) >= 11 is 0. The van der Waals surface area contributed by atoms with Crippen LogP contribution in [-0.2, 0) is 5.41 Å². The fourth-order valence-corrected chi connectivity index (χ4v) is 9.47. The Balaban J connectivity index is 0.994. The molecule has 0 N–H and O–H groups in total. The third kappa shape index (κ3) is 4.87. The Labute approximate surface area is 335 Å². The first kappa shape index (κ1) is 32.6. The molecule has 58 heavy (non-hydrogen) atoms. The fraction of sp³-hybridized carbons (Fsp3) is 0.0182. The molecule has 0 saturated heterocycles. The Bertz CT molecular complexity index is 3350. The first-order valence-corrected chi connectivity index (χ1v) is 19.8. The van der Waals surface area contributed by atoms with Crippen LogP contribution in [0.25, 0.3) is 88.5 Å². The second kappa shape index (κ2) is 12.7. The molecule has 2 heterocycles. The topological polar surface area (TPSA) is 38.9 Å². The molecule has 0 amide bonds. The normalized spacial score (nSPS) is 13.0. The van der Waals surface area contributed by atoms with Gasteiger partial charge in [-0.25, -0.2) is 9.97 Å². The van der Waals surface area contributed by atoms with E-state index in [2.05, 4.69) is 188 Å². The molecule has 3 heteroatoms. The van der Waals surface area contributed by atoms with Crippen molar-refractivity contribution in [1.82, 2.24) is 9.97 Å². The zero-order valence-electron chi connectivity index (χ0n) is 31.4. The van der Waals surface area contributed by atoms with Gasteiger partial charge < -0.3 is 4.42 Å². The second-order valence-corrected chi connectivity index (χ2v) is 15.3. The minimum atomic E-state index is -0.555. The molecule has 270 valence electrons. The maximum absolute atomic E-state index is 6.31. The third-order valence-electron chi connectivity index (χ3n) is 12.2. The van der Waals surface area contributed by atoms with Gasteiger partial charge >= 0.3 is 0 Å². The molecule has 3 nitrogen and oxygen atoms in total. The zero-order chi connectivity index (χ0) is 38.2. The second-order valence-electron chi connectivity index (χ2n) is 15.3. The molecule has 0 bridgehead atoms. The summed E-state index contributed by atoms with van der Waals surface area (Å²) in [6.07, 6.45) is 0. The molecule has 0 fully saturated rings. The van der Waals surface area contributed by atoms with Crippen molar-refractivity contribution in [1.29, 1.82) is 0 Å². The van der Waals surface area contributed by atoms with E-state index < -0.39 is 5.41 Å². The Morgan fingerprint density at radius 3 is 1.74 bits per heavy atom. The molecular weight excluding hydrogens is 705 g/mol. The maximum Gasteiger partial charge on any atom is 0.160 e. The summed E-state index contributed by atoms with van der Waals surface area (Å²) in [7, 11) is 0. The summed E-state index contributed by atoms with van der Waals surface area (Å²) in [5.74, 6) is 0.700. The molecule has 9 aromatic carbocycles. The molecule has 2 aromatic heterocycles. The summed E-state index contributed by atoms with van der Waals surface area (Å²) in [5, 5.41) is 5.75. The number of hydrogen-bond acceptors (Lipinski definition) is 3. The zero-order valence-corrected chi connectivity index (χ0v) is 31.4. The third-order valence-corrected chi connectivity index (χ3v) is 12.2. The van der Waals surface area contributed by atoms with Crippen LogP contribution in [0.5, 0.6) is 0 Å². The molecule has 11 aromatic rings. The number of fused-ring (bicyclic) bond motifs is 8. The minimum absolute atomic E-state index is 0.555. The lowest BCUT2D eigenvalue weighted by Crippen LogP contribution is -2.28. The average Bonchev–Trinajstić information content (AvgIpc) is 3.82. The van der Waals surface area contributed by atoms with Crippen LogP contribution in [0.2, 0.25) is 0 Å². The van der Waals surface area contributed by atoms with Crippen LogP contribution >= 0.6 is 0 Å². The lowest BCUT2D eigenvalue weighted by atomic mass is 9.67. The van der Waals surface area contributed by atoms with Gasteiger partial charge in [0, 0.05) is 27.3 Å². The van der Waals surface area contributed by atoms with Crippen LogP contribution in [-0.4, -0.2) is 9.97 Å². The van der Waals surface area contributed by atoms with Gasteiger partial charge in [0.05, 0.1) is 16.6 Å². The van der Waals surface area contributed by atoms with E-state index in [1.165, 1.54) is 55.3 Å². The molecule has 0 spiro atoms. The molecule has 0 radical (unpaired) electrons. The minimum Gasteiger partial charge on any atom is -0.456 e. The van der Waals surface area contributed by atoms with Crippen molar-refractivity contribution in [3.63, 3.8) is 0 Å². The number of furan rings is 1. The van der Waals surface area contributed by atoms with Gasteiger partial charge in [-0.15, -0.1) is 0 Å². The molecule has 0 unspecified atom stereocenters. The van der Waals surface area contributed by atoms with Gasteiger partial charge in [0.2, 0.25) is 0 Å². The molecule has 0 saturated carbocycles. The summed E-state index contributed by atoms with van der Waals surface area (Å²) in [5.41, 5.74) is 14.9. The summed E-state index contributed by atoms with van der Waals surface area (Å²) in [6.45, 7) is 0. The molecule has 0 aliphatic heterocycles. The predicted octanol–water partition coefficient (Wildman–Crippen LogP) is 14.0. The van der Waals surface area contributed by atoms with E-state index in [0.717, 1.165) is 49.7 Å². The highest BCUT2D eigenvalue weighted by Crippen LogP contribution is 2.56. The van der Waals surface area contributed by atoms with Gasteiger partial charge in [-0.2, -0.15) is 0 Å². The van der Waals surface area contributed by atoms with Gasteiger partial charge in [-0.3, -0.25) is 0 Å². The van der Waals surface area contributed by atoms with Gasteiger partial charge in [-0.1, -0.05) is 176 Å². The highest BCUT2D eigenvalue weighted by molar-refractivity contribution is 6.05. The Kier molecular flexibility index (Phi) is 7.14. The monoisotopic (exact) mass is 738 g/mol. The van der Waals surface area contributed by atoms with Crippen molar-refractivity contribution in [3.05, 3.63) is 229 Å². The fourth-order valence-electron chi connectivity index (χ4n) is 9.47. The van der Waals surface area contributed by atoms with E-state index in [1.807, 2.05) is 18.2 Å². The maximum atomic E-state index is 6.31. The predicted molar refractivity (Wildman–Crippen MR) is 238 cm³/mol.